The molecule has 0 aromatic heterocycles. The lowest BCUT2D eigenvalue weighted by Crippen LogP contribution is -2.16. The molecule has 0 heterocycles. The monoisotopic (exact) mass is 313 g/mol. The molecule has 2 aromatic rings. The topological polar surface area (TPSA) is 86.5 Å². The van der Waals surface area contributed by atoms with Gasteiger partial charge in [-0.3, -0.25) is 14.9 Å². The van der Waals surface area contributed by atoms with Crippen molar-refractivity contribution in [1.29, 1.82) is 0 Å². The van der Waals surface area contributed by atoms with Gasteiger partial charge < -0.3 is 9.53 Å². The maximum atomic E-state index is 12.2. The normalized spacial score (nSPS) is 11.5. The number of nitrogens with zero attached hydrogens (tertiary/aromatic N) is 1. The lowest BCUT2D eigenvalue weighted by Gasteiger charge is -2.14. The number of nitro groups is 1. The molecule has 0 aliphatic rings. The van der Waals surface area contributed by atoms with Crippen molar-refractivity contribution in [1.82, 2.24) is 0 Å². The highest BCUT2D eigenvalue weighted by Gasteiger charge is 2.21. The summed E-state index contributed by atoms with van der Waals surface area (Å²) >= 11 is 0. The number of non-ortho nitro benzene ring substituents is 1. The second-order valence-electron chi connectivity index (χ2n) is 4.90. The van der Waals surface area contributed by atoms with Gasteiger partial charge in [0.15, 0.2) is 0 Å². The van der Waals surface area contributed by atoms with Crippen LogP contribution in [0.25, 0.3) is 0 Å². The van der Waals surface area contributed by atoms with Crippen LogP contribution in [0, 0.1) is 10.1 Å². The van der Waals surface area contributed by atoms with Crippen molar-refractivity contribution in [2.45, 2.75) is 18.9 Å². The lowest BCUT2D eigenvalue weighted by molar-refractivity contribution is -0.384. The molecular weight excluding hydrogens is 298 g/mol. The van der Waals surface area contributed by atoms with E-state index >= 15 is 0 Å². The Morgan fingerprint density at radius 2 is 1.78 bits per heavy atom. The van der Waals surface area contributed by atoms with Crippen LogP contribution in [-0.2, 0) is 20.9 Å². The zero-order valence-corrected chi connectivity index (χ0v) is 12.3. The van der Waals surface area contributed by atoms with Gasteiger partial charge in [0.05, 0.1) is 10.8 Å². The minimum atomic E-state index is -0.647. The van der Waals surface area contributed by atoms with Crippen LogP contribution < -0.4 is 0 Å². The van der Waals surface area contributed by atoms with Crippen LogP contribution in [0.2, 0.25) is 0 Å². The average molecular weight is 313 g/mol. The van der Waals surface area contributed by atoms with E-state index in [9.17, 15) is 19.7 Å². The maximum Gasteiger partial charge on any atom is 0.314 e. The standard InChI is InChI=1S/C17H15NO5/c19-11-10-16(14-4-2-1-3-5-14)17(20)23-12-13-6-8-15(9-7-13)18(21)22/h1-9,11,16H,10,12H2. The Hall–Kier alpha value is -3.02. The number of rotatable bonds is 7. The van der Waals surface area contributed by atoms with Crippen molar-refractivity contribution < 1.29 is 19.2 Å². The molecule has 0 bridgehead atoms. The summed E-state index contributed by atoms with van der Waals surface area (Å²) in [5.74, 6) is -1.14. The average Bonchev–Trinajstić information content (AvgIpc) is 2.58. The number of carbonyl (C=O) groups excluding carboxylic acids is 2. The van der Waals surface area contributed by atoms with Gasteiger partial charge in [-0.1, -0.05) is 30.3 Å². The van der Waals surface area contributed by atoms with Gasteiger partial charge in [0.2, 0.25) is 0 Å². The summed E-state index contributed by atoms with van der Waals surface area (Å²) in [6.07, 6.45) is 0.730. The van der Waals surface area contributed by atoms with Gasteiger partial charge in [-0.2, -0.15) is 0 Å². The molecule has 0 saturated carbocycles. The summed E-state index contributed by atoms with van der Waals surface area (Å²) in [5.41, 5.74) is 1.33. The predicted molar refractivity (Wildman–Crippen MR) is 82.8 cm³/mol. The van der Waals surface area contributed by atoms with E-state index in [0.717, 1.165) is 0 Å². The number of carbonyl (C=O) groups is 2. The van der Waals surface area contributed by atoms with Crippen LogP contribution >= 0.6 is 0 Å². The quantitative estimate of drug-likeness (QED) is 0.339. The van der Waals surface area contributed by atoms with Crippen LogP contribution in [0.4, 0.5) is 5.69 Å². The fourth-order valence-corrected chi connectivity index (χ4v) is 2.12. The summed E-state index contributed by atoms with van der Waals surface area (Å²) in [6, 6.07) is 14.7. The third-order valence-electron chi connectivity index (χ3n) is 3.35. The first-order chi connectivity index (χ1) is 11.1. The maximum absolute atomic E-state index is 12.2. The van der Waals surface area contributed by atoms with Crippen molar-refractivity contribution in [2.24, 2.45) is 0 Å². The SMILES string of the molecule is O=CCC(C(=O)OCc1ccc([N+](=O)[O-])cc1)c1ccccc1. The first kappa shape index (κ1) is 16.4. The number of hydrogen-bond acceptors (Lipinski definition) is 5. The molecular formula is C17H15NO5. The van der Waals surface area contributed by atoms with Gasteiger partial charge in [0, 0.05) is 18.6 Å². The molecule has 23 heavy (non-hydrogen) atoms. The molecule has 1 unspecified atom stereocenters. The molecule has 0 fully saturated rings. The number of esters is 1. The largest absolute Gasteiger partial charge is 0.460 e. The van der Waals surface area contributed by atoms with Crippen LogP contribution in [0.1, 0.15) is 23.5 Å². The molecule has 2 rings (SSSR count). The van der Waals surface area contributed by atoms with Crippen molar-refractivity contribution in [3.8, 4) is 0 Å². The van der Waals surface area contributed by atoms with E-state index in [4.69, 9.17) is 4.74 Å². The molecule has 6 nitrogen and oxygen atoms in total. The number of aldehydes is 1. The second kappa shape index (κ2) is 7.84. The fourth-order valence-electron chi connectivity index (χ4n) is 2.12. The molecule has 1 atom stereocenters. The minimum Gasteiger partial charge on any atom is -0.460 e. The summed E-state index contributed by atoms with van der Waals surface area (Å²) in [7, 11) is 0. The van der Waals surface area contributed by atoms with E-state index in [1.165, 1.54) is 24.3 Å². The molecule has 0 aliphatic carbocycles. The number of hydrogen-bond donors (Lipinski definition) is 0. The number of benzene rings is 2. The Labute approximate surface area is 132 Å². The Kier molecular flexibility index (Phi) is 5.57. The first-order valence-corrected chi connectivity index (χ1v) is 7.00. The third kappa shape index (κ3) is 4.47. The Morgan fingerprint density at radius 1 is 1.13 bits per heavy atom. The molecule has 0 radical (unpaired) electrons. The molecule has 0 N–H and O–H groups in total. The summed E-state index contributed by atoms with van der Waals surface area (Å²) in [6.45, 7) is -0.000974. The number of ether oxygens (including phenoxy) is 1. The summed E-state index contributed by atoms with van der Waals surface area (Å²) < 4.78 is 5.23. The summed E-state index contributed by atoms with van der Waals surface area (Å²) in [4.78, 5) is 33.1. The smallest absolute Gasteiger partial charge is 0.314 e. The Bertz CT molecular complexity index is 682. The molecule has 2 aromatic carbocycles. The Morgan fingerprint density at radius 3 is 2.35 bits per heavy atom. The van der Waals surface area contributed by atoms with E-state index in [1.54, 1.807) is 24.3 Å². The molecule has 0 saturated heterocycles. The van der Waals surface area contributed by atoms with E-state index in [0.29, 0.717) is 17.4 Å². The molecule has 118 valence electrons. The van der Waals surface area contributed by atoms with Gasteiger partial charge in [0.25, 0.3) is 5.69 Å². The van der Waals surface area contributed by atoms with Gasteiger partial charge in [-0.05, 0) is 23.3 Å². The lowest BCUT2D eigenvalue weighted by atomic mass is 9.96. The zero-order chi connectivity index (χ0) is 16.7. The van der Waals surface area contributed by atoms with Crippen LogP contribution in [-0.4, -0.2) is 17.2 Å². The van der Waals surface area contributed by atoms with E-state index in [-0.39, 0.29) is 18.7 Å². The highest BCUT2D eigenvalue weighted by atomic mass is 16.6. The van der Waals surface area contributed by atoms with Gasteiger partial charge >= 0.3 is 5.97 Å². The van der Waals surface area contributed by atoms with Crippen molar-refractivity contribution in [3.63, 3.8) is 0 Å². The van der Waals surface area contributed by atoms with Crippen molar-refractivity contribution >= 4 is 17.9 Å². The fraction of sp³-hybridized carbons (Fsp3) is 0.176. The van der Waals surface area contributed by atoms with Crippen molar-refractivity contribution in [2.75, 3.05) is 0 Å². The van der Waals surface area contributed by atoms with Crippen LogP contribution in [0.15, 0.2) is 54.6 Å². The highest BCUT2D eigenvalue weighted by Crippen LogP contribution is 2.21. The second-order valence-corrected chi connectivity index (χ2v) is 4.90. The third-order valence-corrected chi connectivity index (χ3v) is 3.35. The van der Waals surface area contributed by atoms with Crippen LogP contribution in [0.3, 0.4) is 0 Å². The molecule has 6 heteroatoms. The van der Waals surface area contributed by atoms with E-state index in [1.807, 2.05) is 6.07 Å². The minimum absolute atomic E-state index is 0.000974. The molecule has 0 amide bonds. The van der Waals surface area contributed by atoms with Gasteiger partial charge in [-0.15, -0.1) is 0 Å². The predicted octanol–water partition coefficient (Wildman–Crippen LogP) is 3.01. The van der Waals surface area contributed by atoms with Crippen molar-refractivity contribution in [3.05, 3.63) is 75.8 Å². The summed E-state index contributed by atoms with van der Waals surface area (Å²) in [5, 5.41) is 10.6. The zero-order valence-electron chi connectivity index (χ0n) is 12.3. The first-order valence-electron chi connectivity index (χ1n) is 7.00. The van der Waals surface area contributed by atoms with E-state index in [2.05, 4.69) is 0 Å². The molecule has 0 aliphatic heterocycles. The highest BCUT2D eigenvalue weighted by molar-refractivity contribution is 5.81. The Balaban J connectivity index is 2.01. The van der Waals surface area contributed by atoms with Crippen LogP contribution in [0.5, 0.6) is 0 Å². The van der Waals surface area contributed by atoms with Gasteiger partial charge in [-0.25, -0.2) is 0 Å². The van der Waals surface area contributed by atoms with E-state index < -0.39 is 16.8 Å². The number of nitro benzene ring substituents is 1. The van der Waals surface area contributed by atoms with Gasteiger partial charge in [0.1, 0.15) is 12.9 Å². The molecule has 0 spiro atoms.